The second-order valence-electron chi connectivity index (χ2n) is 8.86. The molecular formula is C29H29N3O2. The van der Waals surface area contributed by atoms with Crippen molar-refractivity contribution in [3.05, 3.63) is 95.6 Å². The minimum Gasteiger partial charge on any atom is -0.497 e. The van der Waals surface area contributed by atoms with E-state index in [1.165, 1.54) is 5.56 Å². The molecule has 5 nitrogen and oxygen atoms in total. The first-order valence-corrected chi connectivity index (χ1v) is 11.7. The lowest BCUT2D eigenvalue weighted by Crippen LogP contribution is -2.48. The Bertz CT molecular complexity index is 1290. The van der Waals surface area contributed by atoms with E-state index >= 15 is 0 Å². The van der Waals surface area contributed by atoms with E-state index in [0.29, 0.717) is 0 Å². The maximum Gasteiger partial charge on any atom is 0.254 e. The highest BCUT2D eigenvalue weighted by atomic mass is 16.5. The van der Waals surface area contributed by atoms with Gasteiger partial charge in [-0.3, -0.25) is 9.69 Å². The van der Waals surface area contributed by atoms with E-state index in [4.69, 9.17) is 9.72 Å². The van der Waals surface area contributed by atoms with Gasteiger partial charge in [-0.2, -0.15) is 0 Å². The van der Waals surface area contributed by atoms with Gasteiger partial charge in [-0.25, -0.2) is 4.98 Å². The van der Waals surface area contributed by atoms with Crippen molar-refractivity contribution in [3.63, 3.8) is 0 Å². The molecular weight excluding hydrogens is 422 g/mol. The maximum absolute atomic E-state index is 13.7. The summed E-state index contributed by atoms with van der Waals surface area (Å²) in [7, 11) is 1.65. The average Bonchev–Trinajstić information content (AvgIpc) is 2.89. The number of methoxy groups -OCH3 is 1. The molecule has 0 atom stereocenters. The van der Waals surface area contributed by atoms with Gasteiger partial charge < -0.3 is 9.64 Å². The first-order chi connectivity index (χ1) is 16.6. The van der Waals surface area contributed by atoms with Crippen molar-refractivity contribution in [1.29, 1.82) is 0 Å². The summed E-state index contributed by atoms with van der Waals surface area (Å²) in [5, 5.41) is 0.911. The molecule has 1 amide bonds. The van der Waals surface area contributed by atoms with Crippen LogP contribution in [-0.2, 0) is 6.54 Å². The van der Waals surface area contributed by atoms with Gasteiger partial charge in [0.1, 0.15) is 5.75 Å². The van der Waals surface area contributed by atoms with Gasteiger partial charge in [-0.15, -0.1) is 0 Å². The highest BCUT2D eigenvalue weighted by molar-refractivity contribution is 6.07. The third kappa shape index (κ3) is 4.66. The first-order valence-electron chi connectivity index (χ1n) is 11.7. The maximum atomic E-state index is 13.7. The topological polar surface area (TPSA) is 45.7 Å². The zero-order valence-corrected chi connectivity index (χ0v) is 19.7. The second-order valence-corrected chi connectivity index (χ2v) is 8.86. The van der Waals surface area contributed by atoms with Gasteiger partial charge in [0.25, 0.3) is 5.91 Å². The van der Waals surface area contributed by atoms with Gasteiger partial charge in [0, 0.05) is 43.7 Å². The van der Waals surface area contributed by atoms with E-state index in [9.17, 15) is 4.79 Å². The van der Waals surface area contributed by atoms with Crippen molar-refractivity contribution in [2.45, 2.75) is 13.5 Å². The molecule has 1 aliphatic rings. The number of benzene rings is 3. The Morgan fingerprint density at radius 1 is 0.912 bits per heavy atom. The van der Waals surface area contributed by atoms with E-state index in [1.807, 2.05) is 60.4 Å². The summed E-state index contributed by atoms with van der Waals surface area (Å²) in [6.07, 6.45) is 0. The number of carbonyl (C=O) groups excluding carboxylic acids is 1. The van der Waals surface area contributed by atoms with Crippen LogP contribution >= 0.6 is 0 Å². The summed E-state index contributed by atoms with van der Waals surface area (Å²) in [5.74, 6) is 0.872. The van der Waals surface area contributed by atoms with Crippen molar-refractivity contribution < 1.29 is 9.53 Å². The number of amides is 1. The fourth-order valence-electron chi connectivity index (χ4n) is 4.55. The van der Waals surface area contributed by atoms with E-state index < -0.39 is 0 Å². The summed E-state index contributed by atoms with van der Waals surface area (Å²) >= 11 is 0. The number of carbonyl (C=O) groups is 1. The normalized spacial score (nSPS) is 14.4. The van der Waals surface area contributed by atoms with Gasteiger partial charge in [-0.05, 0) is 55.0 Å². The number of piperazine rings is 1. The molecule has 172 valence electrons. The van der Waals surface area contributed by atoms with Crippen molar-refractivity contribution in [3.8, 4) is 17.0 Å². The van der Waals surface area contributed by atoms with Crippen LogP contribution in [0, 0.1) is 6.92 Å². The van der Waals surface area contributed by atoms with E-state index in [-0.39, 0.29) is 5.91 Å². The molecule has 3 aromatic carbocycles. The molecule has 0 saturated carbocycles. The lowest BCUT2D eigenvalue weighted by molar-refractivity contribution is 0.0630. The number of rotatable bonds is 5. The average molecular weight is 452 g/mol. The summed E-state index contributed by atoms with van der Waals surface area (Å²) in [5.41, 5.74) is 5.74. The zero-order valence-electron chi connectivity index (χ0n) is 19.7. The van der Waals surface area contributed by atoms with Gasteiger partial charge in [-0.1, -0.05) is 42.0 Å². The van der Waals surface area contributed by atoms with E-state index in [2.05, 4.69) is 35.2 Å². The Labute approximate surface area is 200 Å². The molecule has 2 heterocycles. The summed E-state index contributed by atoms with van der Waals surface area (Å²) in [4.78, 5) is 23.0. The molecule has 0 N–H and O–H groups in total. The van der Waals surface area contributed by atoms with Crippen LogP contribution in [0.15, 0.2) is 78.9 Å². The predicted octanol–water partition coefficient (Wildman–Crippen LogP) is 5.18. The van der Waals surface area contributed by atoms with Crippen LogP contribution in [0.4, 0.5) is 0 Å². The molecule has 1 fully saturated rings. The highest BCUT2D eigenvalue weighted by Crippen LogP contribution is 2.28. The number of hydrogen-bond donors (Lipinski definition) is 0. The Morgan fingerprint density at radius 2 is 1.65 bits per heavy atom. The third-order valence-corrected chi connectivity index (χ3v) is 6.49. The molecule has 0 bridgehead atoms. The fraction of sp³-hybridized carbons (Fsp3) is 0.241. The summed E-state index contributed by atoms with van der Waals surface area (Å²) in [6, 6.07) is 26.4. The minimum absolute atomic E-state index is 0.0760. The molecule has 34 heavy (non-hydrogen) atoms. The van der Waals surface area contributed by atoms with Gasteiger partial charge in [0.2, 0.25) is 0 Å². The van der Waals surface area contributed by atoms with Gasteiger partial charge in [0.15, 0.2) is 0 Å². The van der Waals surface area contributed by atoms with Crippen molar-refractivity contribution in [2.24, 2.45) is 0 Å². The lowest BCUT2D eigenvalue weighted by Gasteiger charge is -2.35. The highest BCUT2D eigenvalue weighted by Gasteiger charge is 2.24. The van der Waals surface area contributed by atoms with E-state index in [0.717, 1.165) is 71.8 Å². The molecule has 0 aliphatic carbocycles. The van der Waals surface area contributed by atoms with Gasteiger partial charge >= 0.3 is 0 Å². The molecule has 5 rings (SSSR count). The fourth-order valence-corrected chi connectivity index (χ4v) is 4.55. The summed E-state index contributed by atoms with van der Waals surface area (Å²) < 4.78 is 5.29. The number of ether oxygens (including phenoxy) is 1. The van der Waals surface area contributed by atoms with Crippen molar-refractivity contribution in [2.75, 3.05) is 33.3 Å². The molecule has 4 aromatic rings. The second kappa shape index (κ2) is 9.65. The molecule has 1 aliphatic heterocycles. The van der Waals surface area contributed by atoms with Crippen LogP contribution in [-0.4, -0.2) is 54.0 Å². The van der Waals surface area contributed by atoms with Crippen LogP contribution in [0.25, 0.3) is 22.2 Å². The zero-order chi connectivity index (χ0) is 23.5. The Hall–Kier alpha value is -3.70. The molecule has 1 saturated heterocycles. The monoisotopic (exact) mass is 451 g/mol. The third-order valence-electron chi connectivity index (χ3n) is 6.49. The number of fused-ring (bicyclic) bond motifs is 1. The quantitative estimate of drug-likeness (QED) is 0.420. The molecule has 0 spiro atoms. The smallest absolute Gasteiger partial charge is 0.254 e. The van der Waals surface area contributed by atoms with Crippen LogP contribution in [0.3, 0.4) is 0 Å². The largest absolute Gasteiger partial charge is 0.497 e. The van der Waals surface area contributed by atoms with Crippen LogP contribution in [0.2, 0.25) is 0 Å². The Morgan fingerprint density at radius 3 is 2.35 bits per heavy atom. The molecule has 0 radical (unpaired) electrons. The minimum atomic E-state index is 0.0760. The van der Waals surface area contributed by atoms with Crippen LogP contribution in [0.1, 0.15) is 21.5 Å². The number of nitrogens with zero attached hydrogens (tertiary/aromatic N) is 3. The SMILES string of the molecule is COc1ccc(-c2cc(C(=O)N3CCN(Cc4ccccc4)CC3)c3cc(C)ccc3n2)cc1. The molecule has 0 unspecified atom stereocenters. The van der Waals surface area contributed by atoms with E-state index in [1.54, 1.807) is 7.11 Å². The Kier molecular flexibility index (Phi) is 6.28. The van der Waals surface area contributed by atoms with Crippen molar-refractivity contribution in [1.82, 2.24) is 14.8 Å². The number of hydrogen-bond acceptors (Lipinski definition) is 4. The van der Waals surface area contributed by atoms with Crippen LogP contribution < -0.4 is 4.74 Å². The molecule has 5 heteroatoms. The number of aromatic nitrogens is 1. The molecule has 1 aromatic heterocycles. The first kappa shape index (κ1) is 22.1. The number of pyridine rings is 1. The lowest BCUT2D eigenvalue weighted by atomic mass is 10.0. The number of aryl methyl sites for hydroxylation is 1. The summed E-state index contributed by atoms with van der Waals surface area (Å²) in [6.45, 7) is 6.15. The van der Waals surface area contributed by atoms with Crippen molar-refractivity contribution >= 4 is 16.8 Å². The predicted molar refractivity (Wildman–Crippen MR) is 136 cm³/mol. The Balaban J connectivity index is 1.41. The van der Waals surface area contributed by atoms with Crippen LogP contribution in [0.5, 0.6) is 5.75 Å². The van der Waals surface area contributed by atoms with Gasteiger partial charge in [0.05, 0.1) is 23.9 Å². The standard InChI is InChI=1S/C29H29N3O2/c1-21-8-13-27-25(18-21)26(19-28(30-27)23-9-11-24(34-2)12-10-23)29(33)32-16-14-31(15-17-32)20-22-6-4-3-5-7-22/h3-13,18-19H,14-17,20H2,1-2H3.